The van der Waals surface area contributed by atoms with Gasteiger partial charge in [0, 0.05) is 58.8 Å². The van der Waals surface area contributed by atoms with Crippen LogP contribution in [0.4, 0.5) is 0 Å². The van der Waals surface area contributed by atoms with E-state index in [-0.39, 0.29) is 0 Å². The molecule has 0 aliphatic carbocycles. The van der Waals surface area contributed by atoms with Crippen molar-refractivity contribution in [2.75, 3.05) is 65.5 Å². The van der Waals surface area contributed by atoms with Gasteiger partial charge in [-0.25, -0.2) is 0 Å². The lowest BCUT2D eigenvalue weighted by Crippen LogP contribution is -2.52. The van der Waals surface area contributed by atoms with Gasteiger partial charge < -0.3 is 9.64 Å². The molecule has 2 rings (SSSR count). The first-order chi connectivity index (χ1) is 11.3. The van der Waals surface area contributed by atoms with Gasteiger partial charge in [0.25, 0.3) is 0 Å². The number of rotatable bonds is 7. The largest absolute Gasteiger partial charge is 0.376 e. The Morgan fingerprint density at radius 2 is 1.57 bits per heavy atom. The number of likely N-dealkylation sites (N-methyl/N-ethyl adjacent to an activating group) is 1. The quantitative estimate of drug-likeness (QED) is 0.528. The van der Waals surface area contributed by atoms with Crippen LogP contribution in [0.15, 0.2) is 0 Å². The highest BCUT2D eigenvalue weighted by atomic mass is 16.5. The third-order valence-electron chi connectivity index (χ3n) is 4.41. The smallest absolute Gasteiger partial charge is 0.0828 e. The maximum Gasteiger partial charge on any atom is 0.0828 e. The molecule has 134 valence electrons. The molecule has 23 heavy (non-hydrogen) atoms. The summed E-state index contributed by atoms with van der Waals surface area (Å²) in [6.45, 7) is 19.5. The van der Waals surface area contributed by atoms with E-state index in [1.807, 2.05) is 13.8 Å². The van der Waals surface area contributed by atoms with Crippen LogP contribution in [-0.4, -0.2) is 86.3 Å². The van der Waals surface area contributed by atoms with Crippen LogP contribution < -0.4 is 0 Å². The van der Waals surface area contributed by atoms with Crippen molar-refractivity contribution >= 4 is 0 Å². The van der Waals surface area contributed by atoms with Crippen molar-refractivity contribution in [3.63, 3.8) is 0 Å². The second-order valence-electron chi connectivity index (χ2n) is 6.02. The lowest BCUT2D eigenvalue weighted by atomic mass is 10.2. The maximum absolute atomic E-state index is 5.89. The lowest BCUT2D eigenvalue weighted by Gasteiger charge is -2.38. The maximum atomic E-state index is 5.89. The molecule has 4 heteroatoms. The zero-order chi connectivity index (χ0) is 16.9. The first-order valence-electron chi connectivity index (χ1n) is 9.56. The standard InChI is InChI=1S/C17H31N3O.C2H6/c1-3-5-6-8-19-10-12-20(13-11-19)9-7-14-21-17-15-18(4-2)16-17;1-2/h17H,3-4,7-16H2,1-2H3;1-2H3. The summed E-state index contributed by atoms with van der Waals surface area (Å²) in [6, 6.07) is 0. The first-order valence-corrected chi connectivity index (χ1v) is 9.56. The first kappa shape index (κ1) is 20.4. The Hall–Kier alpha value is -0.600. The molecule has 0 aromatic rings. The normalized spacial score (nSPS) is 20.2. The van der Waals surface area contributed by atoms with Crippen molar-refractivity contribution in [3.8, 4) is 11.8 Å². The fourth-order valence-electron chi connectivity index (χ4n) is 2.89. The SMILES string of the molecule is CC.CCC#CCN1CCN(CCCOC2CN(CC)C2)CC1. The van der Waals surface area contributed by atoms with Crippen molar-refractivity contribution in [1.82, 2.24) is 14.7 Å². The predicted molar refractivity (Wildman–Crippen MR) is 98.8 cm³/mol. The van der Waals surface area contributed by atoms with Crippen LogP contribution >= 0.6 is 0 Å². The molecule has 0 spiro atoms. The molecule has 2 heterocycles. The Balaban J connectivity index is 0.00000127. The lowest BCUT2D eigenvalue weighted by molar-refractivity contribution is -0.0544. The Morgan fingerprint density at radius 3 is 2.17 bits per heavy atom. The third-order valence-corrected chi connectivity index (χ3v) is 4.41. The Morgan fingerprint density at radius 1 is 0.913 bits per heavy atom. The van der Waals surface area contributed by atoms with Crippen molar-refractivity contribution in [3.05, 3.63) is 0 Å². The summed E-state index contributed by atoms with van der Waals surface area (Å²) in [5, 5.41) is 0. The Bertz CT molecular complexity index is 336. The van der Waals surface area contributed by atoms with Crippen molar-refractivity contribution < 1.29 is 4.74 Å². The van der Waals surface area contributed by atoms with Crippen molar-refractivity contribution in [2.45, 2.75) is 46.6 Å². The zero-order valence-electron chi connectivity index (χ0n) is 15.8. The van der Waals surface area contributed by atoms with Gasteiger partial charge in [0.1, 0.15) is 0 Å². The summed E-state index contributed by atoms with van der Waals surface area (Å²) < 4.78 is 5.89. The van der Waals surface area contributed by atoms with Crippen LogP contribution in [0.5, 0.6) is 0 Å². The molecule has 4 nitrogen and oxygen atoms in total. The van der Waals surface area contributed by atoms with Crippen molar-refractivity contribution in [2.24, 2.45) is 0 Å². The van der Waals surface area contributed by atoms with E-state index >= 15 is 0 Å². The fourth-order valence-corrected chi connectivity index (χ4v) is 2.89. The van der Waals surface area contributed by atoms with Gasteiger partial charge in [-0.1, -0.05) is 33.6 Å². The van der Waals surface area contributed by atoms with E-state index in [1.165, 1.54) is 19.6 Å². The van der Waals surface area contributed by atoms with Crippen LogP contribution in [0.25, 0.3) is 0 Å². The molecule has 2 aliphatic heterocycles. The molecular weight excluding hydrogens is 286 g/mol. The number of ether oxygens (including phenoxy) is 1. The van der Waals surface area contributed by atoms with Crippen LogP contribution in [0, 0.1) is 11.8 Å². The Kier molecular flexibility index (Phi) is 11.4. The van der Waals surface area contributed by atoms with Gasteiger partial charge >= 0.3 is 0 Å². The summed E-state index contributed by atoms with van der Waals surface area (Å²) in [4.78, 5) is 7.45. The van der Waals surface area contributed by atoms with Gasteiger partial charge in [0.05, 0.1) is 12.6 Å². The van der Waals surface area contributed by atoms with Gasteiger partial charge in [0.15, 0.2) is 0 Å². The second-order valence-corrected chi connectivity index (χ2v) is 6.02. The van der Waals surface area contributed by atoms with Crippen LogP contribution in [-0.2, 0) is 4.74 Å². The summed E-state index contributed by atoms with van der Waals surface area (Å²) >= 11 is 0. The van der Waals surface area contributed by atoms with E-state index in [9.17, 15) is 0 Å². The number of piperazine rings is 1. The minimum atomic E-state index is 0.499. The summed E-state index contributed by atoms with van der Waals surface area (Å²) in [5.41, 5.74) is 0. The summed E-state index contributed by atoms with van der Waals surface area (Å²) in [6.07, 6.45) is 2.63. The molecule has 2 saturated heterocycles. The van der Waals surface area contributed by atoms with Gasteiger partial charge in [-0.15, -0.1) is 5.92 Å². The molecular formula is C19H37N3O. The number of hydrogen-bond acceptors (Lipinski definition) is 4. The molecule has 0 amide bonds. The van der Waals surface area contributed by atoms with Gasteiger partial charge in [-0.2, -0.15) is 0 Å². The monoisotopic (exact) mass is 323 g/mol. The minimum absolute atomic E-state index is 0.499. The van der Waals surface area contributed by atoms with E-state index < -0.39 is 0 Å². The molecule has 0 radical (unpaired) electrons. The molecule has 2 fully saturated rings. The van der Waals surface area contributed by atoms with E-state index in [1.54, 1.807) is 0 Å². The highest BCUT2D eigenvalue weighted by Crippen LogP contribution is 2.11. The zero-order valence-corrected chi connectivity index (χ0v) is 15.8. The highest BCUT2D eigenvalue weighted by molar-refractivity contribution is 5.00. The molecule has 0 bridgehead atoms. The third kappa shape index (κ3) is 8.17. The second kappa shape index (κ2) is 12.8. The fraction of sp³-hybridized carbons (Fsp3) is 0.895. The van der Waals surface area contributed by atoms with E-state index in [0.29, 0.717) is 6.10 Å². The molecule has 0 atom stereocenters. The van der Waals surface area contributed by atoms with Crippen LogP contribution in [0.2, 0.25) is 0 Å². The van der Waals surface area contributed by atoms with Crippen LogP contribution in [0.3, 0.4) is 0 Å². The van der Waals surface area contributed by atoms with Gasteiger partial charge in [-0.05, 0) is 13.0 Å². The number of hydrogen-bond donors (Lipinski definition) is 0. The predicted octanol–water partition coefficient (Wildman–Crippen LogP) is 2.15. The average Bonchev–Trinajstić information content (AvgIpc) is 2.56. The Labute approximate surface area is 144 Å². The van der Waals surface area contributed by atoms with E-state index in [4.69, 9.17) is 4.74 Å². The van der Waals surface area contributed by atoms with E-state index in [2.05, 4.69) is 40.4 Å². The average molecular weight is 324 g/mol. The number of likely N-dealkylation sites (tertiary alicyclic amines) is 1. The van der Waals surface area contributed by atoms with Gasteiger partial charge in [0.2, 0.25) is 0 Å². The van der Waals surface area contributed by atoms with Crippen molar-refractivity contribution in [1.29, 1.82) is 0 Å². The van der Waals surface area contributed by atoms with E-state index in [0.717, 1.165) is 58.7 Å². The highest BCUT2D eigenvalue weighted by Gasteiger charge is 2.25. The molecule has 0 saturated carbocycles. The minimum Gasteiger partial charge on any atom is -0.376 e. The molecule has 0 N–H and O–H groups in total. The number of nitrogens with zero attached hydrogens (tertiary/aromatic N) is 3. The molecule has 0 unspecified atom stereocenters. The molecule has 2 aliphatic rings. The molecule has 0 aromatic carbocycles. The summed E-state index contributed by atoms with van der Waals surface area (Å²) in [7, 11) is 0. The summed E-state index contributed by atoms with van der Waals surface area (Å²) in [5.74, 6) is 6.39. The topological polar surface area (TPSA) is 19.0 Å². The van der Waals surface area contributed by atoms with Gasteiger partial charge in [-0.3, -0.25) is 9.80 Å². The molecule has 0 aromatic heterocycles. The van der Waals surface area contributed by atoms with Crippen LogP contribution in [0.1, 0.15) is 40.5 Å².